The monoisotopic (exact) mass is 331 g/mol. The van der Waals surface area contributed by atoms with Gasteiger partial charge in [-0.3, -0.25) is 9.59 Å². The van der Waals surface area contributed by atoms with E-state index in [1.165, 1.54) is 0 Å². The van der Waals surface area contributed by atoms with Crippen molar-refractivity contribution < 1.29 is 9.59 Å². The number of nitrogens with zero attached hydrogens (tertiary/aromatic N) is 2. The summed E-state index contributed by atoms with van der Waals surface area (Å²) in [5.41, 5.74) is 2.98. The number of anilines is 1. The average molecular weight is 331 g/mol. The van der Waals surface area contributed by atoms with Gasteiger partial charge in [0.15, 0.2) is 0 Å². The Morgan fingerprint density at radius 2 is 1.83 bits per heavy atom. The van der Waals surface area contributed by atoms with Crippen LogP contribution in [0.5, 0.6) is 0 Å². The van der Waals surface area contributed by atoms with Crippen LogP contribution in [0.15, 0.2) is 18.2 Å². The van der Waals surface area contributed by atoms with E-state index in [9.17, 15) is 9.59 Å². The Labute approximate surface area is 145 Å². The standard InChI is InChI=1S/C19H29N3O2/c1-5-21-9-11-22(12-10-21)18(24)13-17(23)20-19-15(4)7-6-8-16(19)14(2)3/h6-8,14H,5,9-13H2,1-4H3,(H,20,23). The highest BCUT2D eigenvalue weighted by molar-refractivity contribution is 6.04. The maximum atomic E-state index is 12.3. The molecule has 1 heterocycles. The van der Waals surface area contributed by atoms with E-state index in [0.29, 0.717) is 19.0 Å². The van der Waals surface area contributed by atoms with Crippen LogP contribution in [-0.4, -0.2) is 54.3 Å². The molecule has 1 aromatic rings. The van der Waals surface area contributed by atoms with Crippen LogP contribution in [0.25, 0.3) is 0 Å². The molecule has 0 atom stereocenters. The van der Waals surface area contributed by atoms with Gasteiger partial charge >= 0.3 is 0 Å². The largest absolute Gasteiger partial charge is 0.340 e. The molecule has 0 bridgehead atoms. The van der Waals surface area contributed by atoms with Gasteiger partial charge in [-0.05, 0) is 30.5 Å². The number of rotatable bonds is 5. The topological polar surface area (TPSA) is 52.7 Å². The molecule has 24 heavy (non-hydrogen) atoms. The Morgan fingerprint density at radius 1 is 1.17 bits per heavy atom. The fourth-order valence-electron chi connectivity index (χ4n) is 3.09. The summed E-state index contributed by atoms with van der Waals surface area (Å²) in [5, 5.41) is 2.95. The first-order valence-corrected chi connectivity index (χ1v) is 8.81. The minimum atomic E-state index is -0.228. The fourth-order valence-corrected chi connectivity index (χ4v) is 3.09. The third-order valence-electron chi connectivity index (χ3n) is 4.68. The first kappa shape index (κ1) is 18.5. The molecule has 0 aromatic heterocycles. The van der Waals surface area contributed by atoms with Gasteiger partial charge in [0.1, 0.15) is 6.42 Å². The minimum Gasteiger partial charge on any atom is -0.340 e. The zero-order chi connectivity index (χ0) is 17.7. The van der Waals surface area contributed by atoms with Crippen molar-refractivity contribution in [3.05, 3.63) is 29.3 Å². The average Bonchev–Trinajstić information content (AvgIpc) is 2.56. The first-order chi connectivity index (χ1) is 11.4. The maximum Gasteiger partial charge on any atom is 0.233 e. The van der Waals surface area contributed by atoms with Gasteiger partial charge in [-0.1, -0.05) is 39.0 Å². The van der Waals surface area contributed by atoms with Crippen LogP contribution in [0.3, 0.4) is 0 Å². The summed E-state index contributed by atoms with van der Waals surface area (Å²) < 4.78 is 0. The summed E-state index contributed by atoms with van der Waals surface area (Å²) >= 11 is 0. The first-order valence-electron chi connectivity index (χ1n) is 8.81. The number of carbonyl (C=O) groups is 2. The van der Waals surface area contributed by atoms with Gasteiger partial charge in [-0.15, -0.1) is 0 Å². The van der Waals surface area contributed by atoms with E-state index in [1.54, 1.807) is 4.90 Å². The molecule has 5 heteroatoms. The molecule has 2 amide bonds. The number of aryl methyl sites for hydroxylation is 1. The molecule has 0 radical (unpaired) electrons. The van der Waals surface area contributed by atoms with Crippen molar-refractivity contribution >= 4 is 17.5 Å². The summed E-state index contributed by atoms with van der Waals surface area (Å²) in [7, 11) is 0. The third kappa shape index (κ3) is 4.57. The zero-order valence-corrected chi connectivity index (χ0v) is 15.3. The Balaban J connectivity index is 1.95. The lowest BCUT2D eigenvalue weighted by Gasteiger charge is -2.34. The van der Waals surface area contributed by atoms with Crippen LogP contribution < -0.4 is 5.32 Å². The van der Waals surface area contributed by atoms with Crippen molar-refractivity contribution in [3.8, 4) is 0 Å². The van der Waals surface area contributed by atoms with Crippen molar-refractivity contribution in [2.24, 2.45) is 0 Å². The molecule has 1 fully saturated rings. The number of carbonyl (C=O) groups excluding carboxylic acids is 2. The van der Waals surface area contributed by atoms with E-state index < -0.39 is 0 Å². The number of hydrogen-bond acceptors (Lipinski definition) is 3. The quantitative estimate of drug-likeness (QED) is 0.844. The van der Waals surface area contributed by atoms with Crippen LogP contribution in [0.4, 0.5) is 5.69 Å². The van der Waals surface area contributed by atoms with Crippen molar-refractivity contribution in [2.45, 2.75) is 40.0 Å². The molecule has 132 valence electrons. The number of piperazine rings is 1. The molecule has 0 saturated carbocycles. The Bertz CT molecular complexity index is 590. The number of amides is 2. The summed E-state index contributed by atoms with van der Waals surface area (Å²) in [5.74, 6) is 0.00933. The highest BCUT2D eigenvalue weighted by Gasteiger charge is 2.22. The second-order valence-electron chi connectivity index (χ2n) is 6.73. The molecule has 2 rings (SSSR count). The highest BCUT2D eigenvalue weighted by atomic mass is 16.2. The van der Waals surface area contributed by atoms with Gasteiger partial charge in [0.25, 0.3) is 0 Å². The number of benzene rings is 1. The zero-order valence-electron chi connectivity index (χ0n) is 15.3. The summed E-state index contributed by atoms with van der Waals surface area (Å²) in [6.07, 6.45) is -0.0853. The molecule has 1 N–H and O–H groups in total. The summed E-state index contributed by atoms with van der Waals surface area (Å²) in [6.45, 7) is 12.5. The summed E-state index contributed by atoms with van der Waals surface area (Å²) in [4.78, 5) is 28.8. The molecule has 1 saturated heterocycles. The second-order valence-corrected chi connectivity index (χ2v) is 6.73. The molecule has 0 aliphatic carbocycles. The maximum absolute atomic E-state index is 12.3. The van der Waals surface area contributed by atoms with Gasteiger partial charge < -0.3 is 15.1 Å². The van der Waals surface area contributed by atoms with Crippen LogP contribution >= 0.6 is 0 Å². The van der Waals surface area contributed by atoms with Crippen LogP contribution in [0.2, 0.25) is 0 Å². The van der Waals surface area contributed by atoms with Crippen LogP contribution in [0.1, 0.15) is 44.2 Å². The molecule has 1 aliphatic heterocycles. The number of nitrogens with one attached hydrogen (secondary N) is 1. The molecule has 0 unspecified atom stereocenters. The number of hydrogen-bond donors (Lipinski definition) is 1. The Hall–Kier alpha value is -1.88. The van der Waals surface area contributed by atoms with Gasteiger partial charge in [0.2, 0.25) is 11.8 Å². The smallest absolute Gasteiger partial charge is 0.233 e. The Morgan fingerprint density at radius 3 is 2.42 bits per heavy atom. The van der Waals surface area contributed by atoms with E-state index >= 15 is 0 Å². The second kappa shape index (κ2) is 8.29. The highest BCUT2D eigenvalue weighted by Crippen LogP contribution is 2.27. The third-order valence-corrected chi connectivity index (χ3v) is 4.68. The van der Waals surface area contributed by atoms with E-state index in [2.05, 4.69) is 31.0 Å². The predicted molar refractivity (Wildman–Crippen MR) is 97.2 cm³/mol. The van der Waals surface area contributed by atoms with E-state index in [-0.39, 0.29) is 18.2 Å². The number of likely N-dealkylation sites (N-methyl/N-ethyl adjacent to an activating group) is 1. The molecule has 1 aliphatic rings. The fraction of sp³-hybridized carbons (Fsp3) is 0.579. The summed E-state index contributed by atoms with van der Waals surface area (Å²) in [6, 6.07) is 6.01. The van der Waals surface area contributed by atoms with Crippen LogP contribution in [0, 0.1) is 6.92 Å². The van der Waals surface area contributed by atoms with Gasteiger partial charge in [-0.25, -0.2) is 0 Å². The molecule has 1 aromatic carbocycles. The molecular weight excluding hydrogens is 302 g/mol. The lowest BCUT2D eigenvalue weighted by Crippen LogP contribution is -2.49. The minimum absolute atomic E-state index is 0.0806. The normalized spacial score (nSPS) is 15.6. The lowest BCUT2D eigenvalue weighted by atomic mass is 9.98. The van der Waals surface area contributed by atoms with Crippen molar-refractivity contribution in [3.63, 3.8) is 0 Å². The van der Waals surface area contributed by atoms with E-state index in [4.69, 9.17) is 0 Å². The van der Waals surface area contributed by atoms with Crippen LogP contribution in [-0.2, 0) is 9.59 Å². The van der Waals surface area contributed by atoms with Crippen molar-refractivity contribution in [1.82, 2.24) is 9.80 Å². The molecule has 0 spiro atoms. The van der Waals surface area contributed by atoms with E-state index in [1.807, 2.05) is 25.1 Å². The van der Waals surface area contributed by atoms with Crippen molar-refractivity contribution in [1.29, 1.82) is 0 Å². The van der Waals surface area contributed by atoms with E-state index in [0.717, 1.165) is 36.4 Å². The van der Waals surface area contributed by atoms with Gasteiger partial charge in [0, 0.05) is 31.9 Å². The number of para-hydroxylation sites is 1. The van der Waals surface area contributed by atoms with Gasteiger partial charge in [0.05, 0.1) is 0 Å². The van der Waals surface area contributed by atoms with Crippen molar-refractivity contribution in [2.75, 3.05) is 38.0 Å². The SMILES string of the molecule is CCN1CCN(C(=O)CC(=O)Nc2c(C)cccc2C(C)C)CC1. The molecule has 5 nitrogen and oxygen atoms in total. The van der Waals surface area contributed by atoms with Gasteiger partial charge in [-0.2, -0.15) is 0 Å². The predicted octanol–water partition coefficient (Wildman–Crippen LogP) is 2.61. The molecular formula is C19H29N3O2. The Kier molecular flexibility index (Phi) is 6.37. The lowest BCUT2D eigenvalue weighted by molar-refractivity contribution is -0.136.